The van der Waals surface area contributed by atoms with Gasteiger partial charge in [0.15, 0.2) is 5.82 Å². The van der Waals surface area contributed by atoms with Crippen molar-refractivity contribution in [2.45, 2.75) is 71.3 Å². The van der Waals surface area contributed by atoms with Crippen LogP contribution in [0.25, 0.3) is 0 Å². The van der Waals surface area contributed by atoms with E-state index in [0.717, 1.165) is 43.1 Å². The molecule has 0 amide bonds. The van der Waals surface area contributed by atoms with Crippen LogP contribution < -0.4 is 5.32 Å². The Kier molecular flexibility index (Phi) is 5.57. The molecule has 2 rings (SSSR count). The van der Waals surface area contributed by atoms with Crippen LogP contribution in [0.15, 0.2) is 6.07 Å². The first-order valence-corrected chi connectivity index (χ1v) is 8.38. The van der Waals surface area contributed by atoms with E-state index in [-0.39, 0.29) is 5.60 Å². The van der Waals surface area contributed by atoms with Gasteiger partial charge < -0.3 is 10.1 Å². The van der Waals surface area contributed by atoms with Gasteiger partial charge in [0, 0.05) is 24.9 Å². The molecule has 1 aliphatic carbocycles. The van der Waals surface area contributed by atoms with E-state index in [9.17, 15) is 0 Å². The van der Waals surface area contributed by atoms with Gasteiger partial charge in [0.2, 0.25) is 0 Å². The van der Waals surface area contributed by atoms with Crippen molar-refractivity contribution < 1.29 is 4.74 Å². The maximum Gasteiger partial charge on any atom is 0.162 e. The SMILES string of the molecule is CCCNc1cc(C(C)C)nc(C2(OCC)CCCC2)n1. The van der Waals surface area contributed by atoms with E-state index < -0.39 is 0 Å². The van der Waals surface area contributed by atoms with Crippen LogP contribution in [0.3, 0.4) is 0 Å². The first-order valence-electron chi connectivity index (χ1n) is 8.38. The van der Waals surface area contributed by atoms with Crippen molar-refractivity contribution in [2.24, 2.45) is 0 Å². The zero-order valence-electron chi connectivity index (χ0n) is 13.9. The molecule has 0 spiro atoms. The van der Waals surface area contributed by atoms with Crippen LogP contribution >= 0.6 is 0 Å². The predicted molar refractivity (Wildman–Crippen MR) is 86.7 cm³/mol. The highest BCUT2D eigenvalue weighted by Gasteiger charge is 2.39. The molecule has 4 heteroatoms. The van der Waals surface area contributed by atoms with Gasteiger partial charge in [0.25, 0.3) is 0 Å². The van der Waals surface area contributed by atoms with Gasteiger partial charge in [-0.15, -0.1) is 0 Å². The molecule has 21 heavy (non-hydrogen) atoms. The minimum atomic E-state index is -0.262. The summed E-state index contributed by atoms with van der Waals surface area (Å²) in [4.78, 5) is 9.62. The maximum absolute atomic E-state index is 6.12. The quantitative estimate of drug-likeness (QED) is 0.816. The number of anilines is 1. The monoisotopic (exact) mass is 291 g/mol. The lowest BCUT2D eigenvalue weighted by atomic mass is 10.00. The number of nitrogens with zero attached hydrogens (tertiary/aromatic N) is 2. The zero-order chi connectivity index (χ0) is 15.3. The molecule has 0 aliphatic heterocycles. The standard InChI is InChI=1S/C17H29N3O/c1-5-11-18-15-12-14(13(3)4)19-16(20-15)17(21-6-2)9-7-8-10-17/h12-13H,5-11H2,1-4H3,(H,18,19,20). The third-order valence-corrected chi connectivity index (χ3v) is 4.13. The highest BCUT2D eigenvalue weighted by molar-refractivity contribution is 5.38. The van der Waals surface area contributed by atoms with Crippen molar-refractivity contribution in [3.63, 3.8) is 0 Å². The van der Waals surface area contributed by atoms with Crippen LogP contribution in [-0.2, 0) is 10.3 Å². The predicted octanol–water partition coefficient (Wildman–Crippen LogP) is 4.23. The Morgan fingerprint density at radius 3 is 2.52 bits per heavy atom. The fourth-order valence-electron chi connectivity index (χ4n) is 2.96. The first-order chi connectivity index (χ1) is 10.1. The summed E-state index contributed by atoms with van der Waals surface area (Å²) in [6, 6.07) is 2.08. The Hall–Kier alpha value is -1.16. The molecule has 1 aliphatic rings. The van der Waals surface area contributed by atoms with Crippen molar-refractivity contribution >= 4 is 5.82 Å². The molecule has 1 aromatic heterocycles. The van der Waals surface area contributed by atoms with E-state index in [1.165, 1.54) is 12.8 Å². The number of ether oxygens (including phenoxy) is 1. The number of aromatic nitrogens is 2. The Bertz CT molecular complexity index is 453. The minimum absolute atomic E-state index is 0.262. The van der Waals surface area contributed by atoms with Gasteiger partial charge in [-0.3, -0.25) is 0 Å². The summed E-state index contributed by atoms with van der Waals surface area (Å²) in [7, 11) is 0. The summed E-state index contributed by atoms with van der Waals surface area (Å²) in [5.74, 6) is 2.22. The molecule has 1 fully saturated rings. The van der Waals surface area contributed by atoms with Gasteiger partial charge in [0.1, 0.15) is 11.4 Å². The van der Waals surface area contributed by atoms with E-state index in [0.29, 0.717) is 12.5 Å². The summed E-state index contributed by atoms with van der Waals surface area (Å²) in [6.07, 6.45) is 5.57. The maximum atomic E-state index is 6.12. The van der Waals surface area contributed by atoms with Crippen LogP contribution in [-0.4, -0.2) is 23.1 Å². The molecule has 0 saturated heterocycles. The van der Waals surface area contributed by atoms with Crippen LogP contribution in [0.5, 0.6) is 0 Å². The fourth-order valence-corrected chi connectivity index (χ4v) is 2.96. The smallest absolute Gasteiger partial charge is 0.162 e. The summed E-state index contributed by atoms with van der Waals surface area (Å²) in [5.41, 5.74) is 0.840. The molecule has 0 bridgehead atoms. The second-order valence-electron chi connectivity index (χ2n) is 6.22. The molecule has 0 unspecified atom stereocenters. The van der Waals surface area contributed by atoms with Crippen LogP contribution in [0, 0.1) is 0 Å². The zero-order valence-corrected chi connectivity index (χ0v) is 13.9. The van der Waals surface area contributed by atoms with E-state index in [4.69, 9.17) is 14.7 Å². The molecule has 0 atom stereocenters. The average Bonchev–Trinajstić information content (AvgIpc) is 2.95. The first kappa shape index (κ1) is 16.2. The average molecular weight is 291 g/mol. The van der Waals surface area contributed by atoms with E-state index in [2.05, 4.69) is 39.1 Å². The largest absolute Gasteiger partial charge is 0.370 e. The normalized spacial score (nSPS) is 17.4. The second kappa shape index (κ2) is 7.21. The van der Waals surface area contributed by atoms with Crippen LogP contribution in [0.2, 0.25) is 0 Å². The summed E-state index contributed by atoms with van der Waals surface area (Å²) >= 11 is 0. The number of rotatable bonds is 7. The molecule has 1 saturated carbocycles. The Morgan fingerprint density at radius 2 is 1.95 bits per heavy atom. The highest BCUT2D eigenvalue weighted by atomic mass is 16.5. The molecular formula is C17H29N3O. The van der Waals surface area contributed by atoms with Crippen molar-refractivity contribution in [3.05, 3.63) is 17.6 Å². The topological polar surface area (TPSA) is 47.0 Å². The second-order valence-corrected chi connectivity index (χ2v) is 6.22. The van der Waals surface area contributed by atoms with Gasteiger partial charge in [-0.05, 0) is 44.9 Å². The molecule has 1 aromatic rings. The third kappa shape index (κ3) is 3.73. The number of nitrogens with one attached hydrogen (secondary N) is 1. The lowest BCUT2D eigenvalue weighted by molar-refractivity contribution is -0.0457. The van der Waals surface area contributed by atoms with Crippen LogP contribution in [0.1, 0.15) is 77.2 Å². The van der Waals surface area contributed by atoms with Gasteiger partial charge in [-0.1, -0.05) is 20.8 Å². The molecular weight excluding hydrogens is 262 g/mol. The third-order valence-electron chi connectivity index (χ3n) is 4.13. The minimum Gasteiger partial charge on any atom is -0.370 e. The van der Waals surface area contributed by atoms with Crippen molar-refractivity contribution in [1.29, 1.82) is 0 Å². The van der Waals surface area contributed by atoms with Gasteiger partial charge in [-0.25, -0.2) is 9.97 Å². The van der Waals surface area contributed by atoms with Crippen molar-refractivity contribution in [2.75, 3.05) is 18.5 Å². The Labute approximate surface area is 128 Å². The lowest BCUT2D eigenvalue weighted by Crippen LogP contribution is -2.30. The highest BCUT2D eigenvalue weighted by Crippen LogP contribution is 2.41. The van der Waals surface area contributed by atoms with Crippen molar-refractivity contribution in [3.8, 4) is 0 Å². The molecule has 1 heterocycles. The van der Waals surface area contributed by atoms with E-state index >= 15 is 0 Å². The fraction of sp³-hybridized carbons (Fsp3) is 0.765. The summed E-state index contributed by atoms with van der Waals surface area (Å²) in [6.45, 7) is 10.2. The molecule has 4 nitrogen and oxygen atoms in total. The van der Waals surface area contributed by atoms with E-state index in [1.807, 2.05) is 0 Å². The molecule has 118 valence electrons. The van der Waals surface area contributed by atoms with Crippen molar-refractivity contribution in [1.82, 2.24) is 9.97 Å². The Balaban J connectivity index is 2.38. The number of hydrogen-bond donors (Lipinski definition) is 1. The number of hydrogen-bond acceptors (Lipinski definition) is 4. The molecule has 0 aromatic carbocycles. The van der Waals surface area contributed by atoms with Crippen LogP contribution in [0.4, 0.5) is 5.82 Å². The van der Waals surface area contributed by atoms with Gasteiger partial charge >= 0.3 is 0 Å². The Morgan fingerprint density at radius 1 is 1.24 bits per heavy atom. The van der Waals surface area contributed by atoms with E-state index in [1.54, 1.807) is 0 Å². The molecule has 0 radical (unpaired) electrons. The van der Waals surface area contributed by atoms with Gasteiger partial charge in [0.05, 0.1) is 0 Å². The molecule has 1 N–H and O–H groups in total. The summed E-state index contributed by atoms with van der Waals surface area (Å²) < 4.78 is 6.12. The van der Waals surface area contributed by atoms with Gasteiger partial charge in [-0.2, -0.15) is 0 Å². The summed E-state index contributed by atoms with van der Waals surface area (Å²) in [5, 5.41) is 3.41. The lowest BCUT2D eigenvalue weighted by Gasteiger charge is -2.28.